The Hall–Kier alpha value is -0.870. The van der Waals surface area contributed by atoms with Crippen LogP contribution >= 0.6 is 0 Å². The maximum atomic E-state index is 10.7. The van der Waals surface area contributed by atoms with E-state index in [4.69, 9.17) is 0 Å². The van der Waals surface area contributed by atoms with Crippen molar-refractivity contribution in [3.05, 3.63) is 18.0 Å². The van der Waals surface area contributed by atoms with E-state index in [1.165, 1.54) is 0 Å². The minimum atomic E-state index is -0.682. The molecule has 2 rings (SSSR count). The molecule has 1 N–H and O–H groups in total. The summed E-state index contributed by atoms with van der Waals surface area (Å²) in [5, 5.41) is 14.8. The van der Waals surface area contributed by atoms with Crippen molar-refractivity contribution >= 4 is 0 Å². The van der Waals surface area contributed by atoms with Crippen LogP contribution in [0.1, 0.15) is 32.4 Å². The largest absolute Gasteiger partial charge is 0.383 e. The summed E-state index contributed by atoms with van der Waals surface area (Å²) in [5.41, 5.74) is 0.264. The quantitative estimate of drug-likeness (QED) is 0.863. The minimum absolute atomic E-state index is 0.682. The van der Waals surface area contributed by atoms with Gasteiger partial charge < -0.3 is 10.0 Å². The molecule has 1 fully saturated rings. The molecule has 0 spiro atoms. The van der Waals surface area contributed by atoms with Gasteiger partial charge in [0.15, 0.2) is 0 Å². The number of rotatable bonds is 3. The summed E-state index contributed by atoms with van der Waals surface area (Å²) in [7, 11) is 1.90. The predicted octanol–water partition coefficient (Wildman–Crippen LogP) is 1.36. The first-order chi connectivity index (χ1) is 8.01. The molecule has 0 saturated carbocycles. The molecule has 2 heterocycles. The summed E-state index contributed by atoms with van der Waals surface area (Å²) in [6.45, 7) is 7.55. The van der Waals surface area contributed by atoms with E-state index < -0.39 is 5.60 Å². The number of aliphatic hydroxyl groups is 1. The van der Waals surface area contributed by atoms with Crippen molar-refractivity contribution in [3.63, 3.8) is 0 Å². The molecule has 17 heavy (non-hydrogen) atoms. The fourth-order valence-corrected chi connectivity index (χ4v) is 2.71. The zero-order chi connectivity index (χ0) is 12.5. The van der Waals surface area contributed by atoms with Crippen molar-refractivity contribution in [3.8, 4) is 0 Å². The number of aromatic nitrogens is 2. The maximum Gasteiger partial charge on any atom is 0.109 e. The number of aryl methyl sites for hydroxylation is 1. The summed E-state index contributed by atoms with van der Waals surface area (Å²) >= 11 is 0. The molecule has 0 bridgehead atoms. The zero-order valence-electron chi connectivity index (χ0n) is 11.1. The molecule has 4 nitrogen and oxygen atoms in total. The van der Waals surface area contributed by atoms with Crippen LogP contribution in [0.2, 0.25) is 0 Å². The topological polar surface area (TPSA) is 41.3 Å². The third-order valence-electron chi connectivity index (χ3n) is 3.60. The number of piperidine rings is 1. The van der Waals surface area contributed by atoms with E-state index in [9.17, 15) is 5.11 Å². The third kappa shape index (κ3) is 2.69. The Morgan fingerprint density at radius 2 is 2.06 bits per heavy atom. The van der Waals surface area contributed by atoms with E-state index in [1.807, 2.05) is 13.1 Å². The Labute approximate surface area is 103 Å². The Kier molecular flexibility index (Phi) is 3.54. The molecule has 0 amide bonds. The molecule has 4 heteroatoms. The second kappa shape index (κ2) is 4.78. The van der Waals surface area contributed by atoms with Crippen LogP contribution in [0.15, 0.2) is 12.3 Å². The van der Waals surface area contributed by atoms with Crippen molar-refractivity contribution in [2.24, 2.45) is 13.0 Å². The Balaban J connectivity index is 2.00. The Bertz CT molecular complexity index is 364. The van der Waals surface area contributed by atoms with Crippen LogP contribution in [0.5, 0.6) is 0 Å². The molecule has 0 atom stereocenters. The number of nitrogens with zero attached hydrogens (tertiary/aromatic N) is 3. The molecule has 0 aromatic carbocycles. The predicted molar refractivity (Wildman–Crippen MR) is 67.6 cm³/mol. The standard InChI is InChI=1S/C13H23N3O/c1-11(2)10-16-8-5-13(17,6-9-16)12-4-7-14-15(12)3/h4,7,11,17H,5-6,8-10H2,1-3H3. The lowest BCUT2D eigenvalue weighted by Crippen LogP contribution is -2.44. The van der Waals surface area contributed by atoms with Crippen LogP contribution in [0.4, 0.5) is 0 Å². The van der Waals surface area contributed by atoms with Crippen molar-refractivity contribution in [2.45, 2.75) is 32.3 Å². The van der Waals surface area contributed by atoms with Crippen LogP contribution < -0.4 is 0 Å². The van der Waals surface area contributed by atoms with E-state index in [1.54, 1.807) is 10.9 Å². The van der Waals surface area contributed by atoms with Gasteiger partial charge in [-0.1, -0.05) is 13.8 Å². The first-order valence-corrected chi connectivity index (χ1v) is 6.44. The molecular formula is C13H23N3O. The molecule has 1 aromatic heterocycles. The average molecular weight is 237 g/mol. The Morgan fingerprint density at radius 1 is 1.41 bits per heavy atom. The van der Waals surface area contributed by atoms with Gasteiger partial charge in [-0.2, -0.15) is 5.10 Å². The van der Waals surface area contributed by atoms with Crippen LogP contribution in [0.3, 0.4) is 0 Å². The normalized spacial score (nSPS) is 21.0. The second-order valence-corrected chi connectivity index (χ2v) is 5.57. The average Bonchev–Trinajstić information content (AvgIpc) is 2.68. The maximum absolute atomic E-state index is 10.7. The smallest absolute Gasteiger partial charge is 0.109 e. The first kappa shape index (κ1) is 12.6. The fourth-order valence-electron chi connectivity index (χ4n) is 2.71. The number of hydrogen-bond donors (Lipinski definition) is 1. The van der Waals surface area contributed by atoms with Crippen molar-refractivity contribution < 1.29 is 5.11 Å². The highest BCUT2D eigenvalue weighted by Crippen LogP contribution is 2.32. The SMILES string of the molecule is CC(C)CN1CCC(O)(c2ccnn2C)CC1. The van der Waals surface area contributed by atoms with Gasteiger partial charge >= 0.3 is 0 Å². The highest BCUT2D eigenvalue weighted by atomic mass is 16.3. The van der Waals surface area contributed by atoms with Gasteiger partial charge in [0.25, 0.3) is 0 Å². The molecular weight excluding hydrogens is 214 g/mol. The third-order valence-corrected chi connectivity index (χ3v) is 3.60. The van der Waals surface area contributed by atoms with Crippen LogP contribution in [0.25, 0.3) is 0 Å². The molecule has 96 valence electrons. The van der Waals surface area contributed by atoms with Crippen molar-refractivity contribution in [1.29, 1.82) is 0 Å². The van der Waals surface area contributed by atoms with Gasteiger partial charge in [0, 0.05) is 32.9 Å². The van der Waals surface area contributed by atoms with E-state index >= 15 is 0 Å². The van der Waals surface area contributed by atoms with Gasteiger partial charge in [0.05, 0.1) is 5.69 Å². The van der Waals surface area contributed by atoms with Gasteiger partial charge in [0.1, 0.15) is 5.60 Å². The van der Waals surface area contributed by atoms with E-state index in [0.717, 1.165) is 38.2 Å². The second-order valence-electron chi connectivity index (χ2n) is 5.57. The summed E-state index contributed by atoms with van der Waals surface area (Å²) in [6.07, 6.45) is 3.37. The van der Waals surface area contributed by atoms with E-state index in [2.05, 4.69) is 23.8 Å². The van der Waals surface area contributed by atoms with Gasteiger partial charge in [0.2, 0.25) is 0 Å². The molecule has 1 aliphatic heterocycles. The summed E-state index contributed by atoms with van der Waals surface area (Å²) < 4.78 is 1.79. The van der Waals surface area contributed by atoms with E-state index in [-0.39, 0.29) is 0 Å². The number of hydrogen-bond acceptors (Lipinski definition) is 3. The fraction of sp³-hybridized carbons (Fsp3) is 0.769. The van der Waals surface area contributed by atoms with Crippen molar-refractivity contribution in [1.82, 2.24) is 14.7 Å². The minimum Gasteiger partial charge on any atom is -0.383 e. The highest BCUT2D eigenvalue weighted by Gasteiger charge is 2.36. The molecule has 1 aromatic rings. The van der Waals surface area contributed by atoms with Gasteiger partial charge in [-0.15, -0.1) is 0 Å². The summed E-state index contributed by atoms with van der Waals surface area (Å²) in [4.78, 5) is 2.44. The summed E-state index contributed by atoms with van der Waals surface area (Å²) in [5.74, 6) is 0.692. The zero-order valence-corrected chi connectivity index (χ0v) is 11.1. The Morgan fingerprint density at radius 3 is 2.53 bits per heavy atom. The van der Waals surface area contributed by atoms with Gasteiger partial charge in [-0.05, 0) is 24.8 Å². The molecule has 0 radical (unpaired) electrons. The summed E-state index contributed by atoms with van der Waals surface area (Å²) in [6, 6.07) is 1.93. The van der Waals surface area contributed by atoms with Gasteiger partial charge in [-0.3, -0.25) is 4.68 Å². The molecule has 1 saturated heterocycles. The lowest BCUT2D eigenvalue weighted by molar-refractivity contribution is -0.0339. The lowest BCUT2D eigenvalue weighted by Gasteiger charge is -2.38. The van der Waals surface area contributed by atoms with Crippen molar-refractivity contribution in [2.75, 3.05) is 19.6 Å². The number of likely N-dealkylation sites (tertiary alicyclic amines) is 1. The first-order valence-electron chi connectivity index (χ1n) is 6.44. The monoisotopic (exact) mass is 237 g/mol. The molecule has 1 aliphatic rings. The van der Waals surface area contributed by atoms with E-state index in [0.29, 0.717) is 5.92 Å². The van der Waals surface area contributed by atoms with Crippen LogP contribution in [0, 0.1) is 5.92 Å². The molecule has 0 aliphatic carbocycles. The van der Waals surface area contributed by atoms with Crippen LogP contribution in [-0.2, 0) is 12.6 Å². The highest BCUT2D eigenvalue weighted by molar-refractivity contribution is 5.13. The van der Waals surface area contributed by atoms with Gasteiger partial charge in [-0.25, -0.2) is 0 Å². The molecule has 0 unspecified atom stereocenters. The van der Waals surface area contributed by atoms with Crippen LogP contribution in [-0.4, -0.2) is 39.4 Å². The lowest BCUT2D eigenvalue weighted by atomic mass is 9.88.